The lowest BCUT2D eigenvalue weighted by atomic mass is 10.1. The summed E-state index contributed by atoms with van der Waals surface area (Å²) in [5.74, 6) is -1.23. The Morgan fingerprint density at radius 1 is 1.25 bits per heavy atom. The summed E-state index contributed by atoms with van der Waals surface area (Å²) in [6, 6.07) is 8.98. The number of amides is 1. The lowest BCUT2D eigenvalue weighted by molar-refractivity contribution is -0.148. The zero-order valence-corrected chi connectivity index (χ0v) is 11.2. The number of aryl methyl sites for hydroxylation is 1. The molecular weight excluding hydrogens is 258 g/mol. The predicted molar refractivity (Wildman–Crippen MR) is 73.1 cm³/mol. The van der Waals surface area contributed by atoms with Crippen LogP contribution >= 0.6 is 0 Å². The Kier molecular flexibility index (Phi) is 4.74. The van der Waals surface area contributed by atoms with Crippen molar-refractivity contribution in [3.63, 3.8) is 0 Å². The fourth-order valence-electron chi connectivity index (χ4n) is 2.56. The number of likely N-dealkylation sites (tertiary alicyclic amines) is 1. The van der Waals surface area contributed by atoms with Crippen LogP contribution in [-0.4, -0.2) is 45.7 Å². The highest BCUT2D eigenvalue weighted by Crippen LogP contribution is 2.20. The van der Waals surface area contributed by atoms with Gasteiger partial charge in [0, 0.05) is 19.4 Å². The van der Waals surface area contributed by atoms with Crippen molar-refractivity contribution in [2.45, 2.75) is 37.8 Å². The first kappa shape index (κ1) is 14.5. The van der Waals surface area contributed by atoms with Gasteiger partial charge in [-0.05, 0) is 18.4 Å². The molecule has 20 heavy (non-hydrogen) atoms. The Morgan fingerprint density at radius 2 is 1.95 bits per heavy atom. The Labute approximate surface area is 117 Å². The van der Waals surface area contributed by atoms with Gasteiger partial charge in [-0.3, -0.25) is 4.79 Å². The highest BCUT2D eigenvalue weighted by atomic mass is 16.4. The third-order valence-electron chi connectivity index (χ3n) is 3.58. The third-order valence-corrected chi connectivity index (χ3v) is 3.58. The van der Waals surface area contributed by atoms with Crippen molar-refractivity contribution in [1.29, 1.82) is 0 Å². The molecule has 5 heteroatoms. The standard InChI is InChI=1S/C15H19NO4/c17-12-9-13(15(19)20)16(10-12)14(18)8-4-7-11-5-2-1-3-6-11/h1-3,5-6,12-13,17H,4,7-10H2,(H,19,20)/t12-,13-/m1/s1. The molecule has 2 atom stereocenters. The van der Waals surface area contributed by atoms with Gasteiger partial charge in [0.25, 0.3) is 0 Å². The molecule has 0 bridgehead atoms. The van der Waals surface area contributed by atoms with Crippen molar-refractivity contribution in [1.82, 2.24) is 4.90 Å². The third kappa shape index (κ3) is 3.57. The first-order chi connectivity index (χ1) is 9.58. The van der Waals surface area contributed by atoms with Gasteiger partial charge in [0.1, 0.15) is 6.04 Å². The monoisotopic (exact) mass is 277 g/mol. The Bertz CT molecular complexity index is 474. The number of benzene rings is 1. The van der Waals surface area contributed by atoms with E-state index in [1.165, 1.54) is 4.90 Å². The van der Waals surface area contributed by atoms with Gasteiger partial charge < -0.3 is 15.1 Å². The highest BCUT2D eigenvalue weighted by molar-refractivity contribution is 5.84. The number of β-amino-alcohol motifs (C(OH)–C–C–N with tert-alkyl or cyclic N) is 1. The van der Waals surface area contributed by atoms with Gasteiger partial charge in [-0.1, -0.05) is 30.3 Å². The van der Waals surface area contributed by atoms with E-state index in [1.807, 2.05) is 30.3 Å². The molecule has 1 heterocycles. The number of hydrogen-bond acceptors (Lipinski definition) is 3. The molecule has 1 saturated heterocycles. The number of hydrogen-bond donors (Lipinski definition) is 2. The zero-order valence-electron chi connectivity index (χ0n) is 11.2. The lowest BCUT2D eigenvalue weighted by Crippen LogP contribution is -2.40. The van der Waals surface area contributed by atoms with E-state index in [9.17, 15) is 14.7 Å². The maximum atomic E-state index is 12.0. The van der Waals surface area contributed by atoms with Gasteiger partial charge in [0.05, 0.1) is 6.10 Å². The van der Waals surface area contributed by atoms with Gasteiger partial charge in [0.15, 0.2) is 0 Å². The van der Waals surface area contributed by atoms with E-state index >= 15 is 0 Å². The van der Waals surface area contributed by atoms with Crippen LogP contribution < -0.4 is 0 Å². The van der Waals surface area contributed by atoms with E-state index in [0.29, 0.717) is 12.8 Å². The van der Waals surface area contributed by atoms with Crippen LogP contribution in [0.15, 0.2) is 30.3 Å². The fourth-order valence-corrected chi connectivity index (χ4v) is 2.56. The van der Waals surface area contributed by atoms with Crippen LogP contribution in [0.5, 0.6) is 0 Å². The highest BCUT2D eigenvalue weighted by Gasteiger charge is 2.38. The molecule has 0 radical (unpaired) electrons. The summed E-state index contributed by atoms with van der Waals surface area (Å²) < 4.78 is 0. The topological polar surface area (TPSA) is 77.8 Å². The van der Waals surface area contributed by atoms with Crippen LogP contribution in [0.1, 0.15) is 24.8 Å². The van der Waals surface area contributed by atoms with E-state index in [-0.39, 0.29) is 18.9 Å². The number of aliphatic hydroxyl groups is 1. The number of carbonyl (C=O) groups excluding carboxylic acids is 1. The van der Waals surface area contributed by atoms with Gasteiger partial charge in [-0.15, -0.1) is 0 Å². The molecule has 1 aliphatic rings. The maximum Gasteiger partial charge on any atom is 0.326 e. The first-order valence-corrected chi connectivity index (χ1v) is 6.82. The molecule has 1 aromatic carbocycles. The number of rotatable bonds is 5. The van der Waals surface area contributed by atoms with Crippen LogP contribution in [0.3, 0.4) is 0 Å². The summed E-state index contributed by atoms with van der Waals surface area (Å²) >= 11 is 0. The van der Waals surface area contributed by atoms with Crippen molar-refractivity contribution in [3.05, 3.63) is 35.9 Å². The quantitative estimate of drug-likeness (QED) is 0.843. The molecule has 0 unspecified atom stereocenters. The largest absolute Gasteiger partial charge is 0.480 e. The van der Waals surface area contributed by atoms with E-state index in [1.54, 1.807) is 0 Å². The molecule has 0 saturated carbocycles. The molecule has 1 aliphatic heterocycles. The second kappa shape index (κ2) is 6.52. The van der Waals surface area contributed by atoms with Crippen molar-refractivity contribution >= 4 is 11.9 Å². The number of aliphatic carboxylic acids is 1. The van der Waals surface area contributed by atoms with Gasteiger partial charge in [-0.25, -0.2) is 4.79 Å². The molecule has 0 spiro atoms. The van der Waals surface area contributed by atoms with Gasteiger partial charge >= 0.3 is 5.97 Å². The molecular formula is C15H19NO4. The minimum atomic E-state index is -1.04. The smallest absolute Gasteiger partial charge is 0.326 e. The average molecular weight is 277 g/mol. The molecule has 1 fully saturated rings. The van der Waals surface area contributed by atoms with E-state index in [0.717, 1.165) is 12.0 Å². The van der Waals surface area contributed by atoms with Crippen molar-refractivity contribution in [2.75, 3.05) is 6.54 Å². The van der Waals surface area contributed by atoms with Crippen molar-refractivity contribution in [2.24, 2.45) is 0 Å². The number of nitrogens with zero attached hydrogens (tertiary/aromatic N) is 1. The molecule has 2 rings (SSSR count). The van der Waals surface area contributed by atoms with Gasteiger partial charge in [0.2, 0.25) is 5.91 Å². The van der Waals surface area contributed by atoms with Crippen LogP contribution in [0.2, 0.25) is 0 Å². The summed E-state index contributed by atoms with van der Waals surface area (Å²) in [5, 5.41) is 18.6. The summed E-state index contributed by atoms with van der Waals surface area (Å²) in [6.45, 7) is 0.126. The normalized spacial score (nSPS) is 21.9. The number of aliphatic hydroxyl groups excluding tert-OH is 1. The predicted octanol–water partition coefficient (Wildman–Crippen LogP) is 1.06. The van der Waals surface area contributed by atoms with E-state index < -0.39 is 18.1 Å². The Hall–Kier alpha value is -1.88. The molecule has 5 nitrogen and oxygen atoms in total. The number of carboxylic acid groups (broad SMARTS) is 1. The Morgan fingerprint density at radius 3 is 2.60 bits per heavy atom. The summed E-state index contributed by atoms with van der Waals surface area (Å²) in [6.07, 6.45) is 1.18. The zero-order chi connectivity index (χ0) is 14.5. The van der Waals surface area contributed by atoms with E-state index in [2.05, 4.69) is 0 Å². The van der Waals surface area contributed by atoms with Crippen molar-refractivity contribution in [3.8, 4) is 0 Å². The minimum Gasteiger partial charge on any atom is -0.480 e. The van der Waals surface area contributed by atoms with Crippen molar-refractivity contribution < 1.29 is 19.8 Å². The lowest BCUT2D eigenvalue weighted by Gasteiger charge is -2.21. The molecule has 0 aliphatic carbocycles. The average Bonchev–Trinajstić information content (AvgIpc) is 2.82. The van der Waals surface area contributed by atoms with Crippen LogP contribution in [0.25, 0.3) is 0 Å². The molecule has 2 N–H and O–H groups in total. The Balaban J connectivity index is 1.84. The van der Waals surface area contributed by atoms with Crippen LogP contribution in [0, 0.1) is 0 Å². The van der Waals surface area contributed by atoms with Crippen LogP contribution in [0.4, 0.5) is 0 Å². The first-order valence-electron chi connectivity index (χ1n) is 6.82. The molecule has 0 aromatic heterocycles. The van der Waals surface area contributed by atoms with E-state index in [4.69, 9.17) is 5.11 Å². The summed E-state index contributed by atoms with van der Waals surface area (Å²) in [4.78, 5) is 24.4. The molecule has 1 amide bonds. The molecule has 1 aromatic rings. The second-order valence-corrected chi connectivity index (χ2v) is 5.13. The minimum absolute atomic E-state index is 0.125. The SMILES string of the molecule is O=C(O)[C@H]1C[C@@H](O)CN1C(=O)CCCc1ccccc1. The summed E-state index contributed by atoms with van der Waals surface area (Å²) in [7, 11) is 0. The number of carboxylic acids is 1. The fraction of sp³-hybridized carbons (Fsp3) is 0.467. The second-order valence-electron chi connectivity index (χ2n) is 5.13. The summed E-state index contributed by atoms with van der Waals surface area (Å²) in [5.41, 5.74) is 1.16. The molecule has 108 valence electrons. The van der Waals surface area contributed by atoms with Gasteiger partial charge in [-0.2, -0.15) is 0 Å². The number of carbonyl (C=O) groups is 2. The van der Waals surface area contributed by atoms with Crippen LogP contribution in [-0.2, 0) is 16.0 Å². The maximum absolute atomic E-state index is 12.0.